The minimum absolute atomic E-state index is 0.00347. The number of hydrogen-bond donors (Lipinski definition) is 1. The maximum atomic E-state index is 11.9. The quantitative estimate of drug-likeness (QED) is 0.717. The smallest absolute Gasteiger partial charge is 0.223 e. The first kappa shape index (κ1) is 10.9. The van der Waals surface area contributed by atoms with Gasteiger partial charge in [-0.25, -0.2) is 0 Å². The monoisotopic (exact) mass is 211 g/mol. The molecule has 0 aromatic carbocycles. The van der Waals surface area contributed by atoms with Crippen LogP contribution in [0.15, 0.2) is 0 Å². The fourth-order valence-electron chi connectivity index (χ4n) is 3.25. The Kier molecular flexibility index (Phi) is 2.53. The number of carbonyl (C=O) groups excluding carboxylic acids is 1. The summed E-state index contributed by atoms with van der Waals surface area (Å²) in [4.78, 5) is 11.9. The van der Waals surface area contributed by atoms with E-state index in [1.807, 2.05) is 0 Å². The second-order valence-corrected chi connectivity index (χ2v) is 5.18. The highest BCUT2D eigenvalue weighted by Gasteiger charge is 2.58. The maximum absolute atomic E-state index is 11.9. The summed E-state index contributed by atoms with van der Waals surface area (Å²) in [6.45, 7) is 8.06. The van der Waals surface area contributed by atoms with Gasteiger partial charge in [-0.05, 0) is 19.3 Å². The largest absolute Gasteiger partial charge is 0.381 e. The van der Waals surface area contributed by atoms with Crippen LogP contribution in [0.3, 0.4) is 0 Å². The molecule has 1 N–H and O–H groups in total. The Balaban J connectivity index is 2.34. The summed E-state index contributed by atoms with van der Waals surface area (Å²) < 4.78 is 5.41. The van der Waals surface area contributed by atoms with E-state index in [-0.39, 0.29) is 22.8 Å². The van der Waals surface area contributed by atoms with E-state index in [1.165, 1.54) is 0 Å². The molecule has 86 valence electrons. The molecule has 2 aliphatic heterocycles. The van der Waals surface area contributed by atoms with Crippen molar-refractivity contribution in [3.63, 3.8) is 0 Å². The second kappa shape index (κ2) is 3.48. The van der Waals surface area contributed by atoms with E-state index in [0.717, 1.165) is 32.5 Å². The van der Waals surface area contributed by atoms with Crippen LogP contribution in [0.25, 0.3) is 0 Å². The van der Waals surface area contributed by atoms with Crippen molar-refractivity contribution in [1.82, 2.24) is 5.32 Å². The summed E-state index contributed by atoms with van der Waals surface area (Å²) in [6, 6.07) is 0. The number of ether oxygens (including phenoxy) is 1. The van der Waals surface area contributed by atoms with Gasteiger partial charge >= 0.3 is 0 Å². The molecule has 1 amide bonds. The van der Waals surface area contributed by atoms with Crippen molar-refractivity contribution in [2.45, 2.75) is 45.6 Å². The molecule has 0 aliphatic carbocycles. The molecular formula is C12H21NO2. The highest BCUT2D eigenvalue weighted by atomic mass is 16.5. The third kappa shape index (κ3) is 1.32. The van der Waals surface area contributed by atoms with Gasteiger partial charge in [-0.1, -0.05) is 20.8 Å². The Morgan fingerprint density at radius 3 is 2.60 bits per heavy atom. The zero-order valence-electron chi connectivity index (χ0n) is 9.93. The molecule has 2 aliphatic rings. The fourth-order valence-corrected chi connectivity index (χ4v) is 3.25. The van der Waals surface area contributed by atoms with Crippen molar-refractivity contribution in [1.29, 1.82) is 0 Å². The SMILES string of the molecule is CCC1(C)C(C)C(=O)NC12CCOCC2. The van der Waals surface area contributed by atoms with Crippen LogP contribution < -0.4 is 5.32 Å². The zero-order valence-corrected chi connectivity index (χ0v) is 9.93. The van der Waals surface area contributed by atoms with Crippen LogP contribution in [-0.2, 0) is 9.53 Å². The number of amides is 1. The molecule has 2 atom stereocenters. The molecule has 2 heterocycles. The maximum Gasteiger partial charge on any atom is 0.223 e. The predicted molar refractivity (Wildman–Crippen MR) is 58.5 cm³/mol. The second-order valence-electron chi connectivity index (χ2n) is 5.18. The molecule has 0 bridgehead atoms. The van der Waals surface area contributed by atoms with Crippen LogP contribution in [0.2, 0.25) is 0 Å². The topological polar surface area (TPSA) is 38.3 Å². The summed E-state index contributed by atoms with van der Waals surface area (Å²) >= 11 is 0. The molecule has 1 spiro atoms. The standard InChI is InChI=1S/C12H21NO2/c1-4-11(3)9(2)10(14)13-12(11)5-7-15-8-6-12/h9H,4-8H2,1-3H3,(H,13,14). The van der Waals surface area contributed by atoms with Gasteiger partial charge < -0.3 is 10.1 Å². The summed E-state index contributed by atoms with van der Waals surface area (Å²) in [5.41, 5.74) is 0.0877. The van der Waals surface area contributed by atoms with Crippen LogP contribution in [0.1, 0.15) is 40.0 Å². The van der Waals surface area contributed by atoms with Gasteiger partial charge in [0.15, 0.2) is 0 Å². The van der Waals surface area contributed by atoms with Gasteiger partial charge in [-0.3, -0.25) is 4.79 Å². The molecule has 0 aromatic heterocycles. The van der Waals surface area contributed by atoms with Crippen LogP contribution in [0.5, 0.6) is 0 Å². The van der Waals surface area contributed by atoms with Crippen molar-refractivity contribution < 1.29 is 9.53 Å². The van der Waals surface area contributed by atoms with E-state index in [0.29, 0.717) is 0 Å². The van der Waals surface area contributed by atoms with Crippen LogP contribution >= 0.6 is 0 Å². The van der Waals surface area contributed by atoms with Crippen molar-refractivity contribution in [2.24, 2.45) is 11.3 Å². The van der Waals surface area contributed by atoms with E-state index >= 15 is 0 Å². The lowest BCUT2D eigenvalue weighted by molar-refractivity contribution is -0.123. The molecule has 2 saturated heterocycles. The summed E-state index contributed by atoms with van der Waals surface area (Å²) in [7, 11) is 0. The van der Waals surface area contributed by atoms with E-state index in [4.69, 9.17) is 4.74 Å². The van der Waals surface area contributed by atoms with E-state index < -0.39 is 0 Å². The van der Waals surface area contributed by atoms with Crippen molar-refractivity contribution in [2.75, 3.05) is 13.2 Å². The van der Waals surface area contributed by atoms with Crippen LogP contribution in [0, 0.1) is 11.3 Å². The fraction of sp³-hybridized carbons (Fsp3) is 0.917. The number of hydrogen-bond acceptors (Lipinski definition) is 2. The lowest BCUT2D eigenvalue weighted by Gasteiger charge is -2.46. The van der Waals surface area contributed by atoms with Gasteiger partial charge in [0.1, 0.15) is 0 Å². The normalized spacial score (nSPS) is 39.4. The molecule has 2 unspecified atom stereocenters. The average Bonchev–Trinajstić information content (AvgIpc) is 2.43. The van der Waals surface area contributed by atoms with Gasteiger partial charge in [-0.2, -0.15) is 0 Å². The Morgan fingerprint density at radius 1 is 1.47 bits per heavy atom. The minimum Gasteiger partial charge on any atom is -0.381 e. The molecule has 3 heteroatoms. The third-order valence-corrected chi connectivity index (χ3v) is 4.89. The summed E-state index contributed by atoms with van der Waals surface area (Å²) in [5, 5.41) is 3.24. The molecule has 0 aromatic rings. The summed E-state index contributed by atoms with van der Waals surface area (Å²) in [5.74, 6) is 0.349. The van der Waals surface area contributed by atoms with Gasteiger partial charge in [-0.15, -0.1) is 0 Å². The minimum atomic E-state index is -0.00347. The van der Waals surface area contributed by atoms with Gasteiger partial charge in [0.25, 0.3) is 0 Å². The van der Waals surface area contributed by atoms with Gasteiger partial charge in [0.2, 0.25) is 5.91 Å². The molecule has 2 rings (SSSR count). The highest BCUT2D eigenvalue weighted by molar-refractivity contribution is 5.83. The Bertz CT molecular complexity index is 271. The lowest BCUT2D eigenvalue weighted by Crippen LogP contribution is -2.55. The average molecular weight is 211 g/mol. The zero-order chi connectivity index (χ0) is 11.1. The Hall–Kier alpha value is -0.570. The number of nitrogens with one attached hydrogen (secondary N) is 1. The van der Waals surface area contributed by atoms with Crippen molar-refractivity contribution in [3.8, 4) is 0 Å². The first-order valence-electron chi connectivity index (χ1n) is 5.95. The van der Waals surface area contributed by atoms with Crippen molar-refractivity contribution >= 4 is 5.91 Å². The Morgan fingerprint density at radius 2 is 2.07 bits per heavy atom. The molecule has 2 fully saturated rings. The first-order chi connectivity index (χ1) is 7.06. The molecule has 0 saturated carbocycles. The van der Waals surface area contributed by atoms with Crippen molar-refractivity contribution in [3.05, 3.63) is 0 Å². The molecule has 15 heavy (non-hydrogen) atoms. The number of rotatable bonds is 1. The van der Waals surface area contributed by atoms with E-state index in [1.54, 1.807) is 0 Å². The predicted octanol–water partition coefficient (Wildman–Crippen LogP) is 1.72. The highest BCUT2D eigenvalue weighted by Crippen LogP contribution is 2.51. The molecular weight excluding hydrogens is 190 g/mol. The van der Waals surface area contributed by atoms with Gasteiger partial charge in [0.05, 0.1) is 5.54 Å². The van der Waals surface area contributed by atoms with Crippen LogP contribution in [0.4, 0.5) is 0 Å². The van der Waals surface area contributed by atoms with E-state index in [9.17, 15) is 4.79 Å². The van der Waals surface area contributed by atoms with E-state index in [2.05, 4.69) is 26.1 Å². The van der Waals surface area contributed by atoms with Crippen LogP contribution in [-0.4, -0.2) is 24.7 Å². The Labute approximate surface area is 91.6 Å². The first-order valence-corrected chi connectivity index (χ1v) is 5.95. The lowest BCUT2D eigenvalue weighted by atomic mass is 9.62. The summed E-state index contributed by atoms with van der Waals surface area (Å²) in [6.07, 6.45) is 2.98. The third-order valence-electron chi connectivity index (χ3n) is 4.89. The number of carbonyl (C=O) groups is 1. The molecule has 3 nitrogen and oxygen atoms in total. The molecule has 0 radical (unpaired) electrons. The van der Waals surface area contributed by atoms with Gasteiger partial charge in [0, 0.05) is 24.5 Å².